The maximum Gasteiger partial charge on any atom is 0.488 e. The molecule has 0 saturated carbocycles. The van der Waals surface area contributed by atoms with Crippen LogP contribution in [0.25, 0.3) is 0 Å². The van der Waals surface area contributed by atoms with E-state index < -0.39 is 7.12 Å². The van der Waals surface area contributed by atoms with E-state index in [2.05, 4.69) is 10.2 Å². The highest BCUT2D eigenvalue weighted by atomic mass is 16.4. The summed E-state index contributed by atoms with van der Waals surface area (Å²) in [6.45, 7) is 8.01. The molecule has 0 amide bonds. The van der Waals surface area contributed by atoms with E-state index in [0.717, 1.165) is 31.9 Å². The molecule has 94 valence electrons. The molecule has 0 spiro atoms. The molecule has 1 aromatic rings. The molecule has 1 aliphatic rings. The SMILES string of the molecule is CC.OB(O)c1ccc(N2CCNCC2)cc1. The first-order valence-electron chi connectivity index (χ1n) is 6.19. The number of piperazine rings is 1. The largest absolute Gasteiger partial charge is 0.488 e. The van der Waals surface area contributed by atoms with Gasteiger partial charge in [0.15, 0.2) is 0 Å². The van der Waals surface area contributed by atoms with Crippen molar-refractivity contribution in [2.45, 2.75) is 13.8 Å². The maximum absolute atomic E-state index is 8.96. The molecule has 3 N–H and O–H groups in total. The van der Waals surface area contributed by atoms with E-state index in [1.54, 1.807) is 12.1 Å². The van der Waals surface area contributed by atoms with E-state index >= 15 is 0 Å². The summed E-state index contributed by atoms with van der Waals surface area (Å²) in [5.74, 6) is 0. The van der Waals surface area contributed by atoms with Crippen molar-refractivity contribution in [2.24, 2.45) is 0 Å². The predicted molar refractivity (Wildman–Crippen MR) is 72.7 cm³/mol. The van der Waals surface area contributed by atoms with Gasteiger partial charge in [0.05, 0.1) is 0 Å². The Morgan fingerprint density at radius 2 is 1.59 bits per heavy atom. The van der Waals surface area contributed by atoms with Crippen molar-refractivity contribution in [1.82, 2.24) is 5.32 Å². The summed E-state index contributed by atoms with van der Waals surface area (Å²) in [5, 5.41) is 21.2. The molecule has 0 unspecified atom stereocenters. The number of hydrogen-bond donors (Lipinski definition) is 3. The molecule has 4 nitrogen and oxygen atoms in total. The third kappa shape index (κ3) is 4.04. The summed E-state index contributed by atoms with van der Waals surface area (Å²) >= 11 is 0. The number of rotatable bonds is 2. The minimum absolute atomic E-state index is 0.536. The van der Waals surface area contributed by atoms with Crippen molar-refractivity contribution >= 4 is 18.3 Å². The second-order valence-corrected chi connectivity index (χ2v) is 3.70. The lowest BCUT2D eigenvalue weighted by molar-refractivity contribution is 0.426. The Morgan fingerprint density at radius 3 is 2.06 bits per heavy atom. The van der Waals surface area contributed by atoms with Crippen LogP contribution in [0.15, 0.2) is 24.3 Å². The van der Waals surface area contributed by atoms with Gasteiger partial charge in [-0.1, -0.05) is 26.0 Å². The molecule has 17 heavy (non-hydrogen) atoms. The molecule has 1 aromatic carbocycles. The lowest BCUT2D eigenvalue weighted by atomic mass is 9.80. The van der Waals surface area contributed by atoms with Gasteiger partial charge in [-0.05, 0) is 17.6 Å². The van der Waals surface area contributed by atoms with Crippen LogP contribution in [-0.2, 0) is 0 Å². The van der Waals surface area contributed by atoms with Crippen LogP contribution < -0.4 is 15.7 Å². The average Bonchev–Trinajstić information content (AvgIpc) is 2.42. The summed E-state index contributed by atoms with van der Waals surface area (Å²) < 4.78 is 0. The molecule has 2 rings (SSSR count). The summed E-state index contributed by atoms with van der Waals surface area (Å²) in [5.41, 5.74) is 1.68. The summed E-state index contributed by atoms with van der Waals surface area (Å²) in [7, 11) is -1.37. The molecule has 0 aromatic heterocycles. The van der Waals surface area contributed by atoms with Crippen LogP contribution in [0.2, 0.25) is 0 Å². The van der Waals surface area contributed by atoms with Crippen LogP contribution in [0, 0.1) is 0 Å². The summed E-state index contributed by atoms with van der Waals surface area (Å²) in [4.78, 5) is 2.28. The maximum atomic E-state index is 8.96. The average molecular weight is 236 g/mol. The monoisotopic (exact) mass is 236 g/mol. The van der Waals surface area contributed by atoms with Gasteiger partial charge in [-0.2, -0.15) is 0 Å². The number of nitrogens with zero attached hydrogens (tertiary/aromatic N) is 1. The van der Waals surface area contributed by atoms with Gasteiger partial charge in [0.2, 0.25) is 0 Å². The molecule has 1 heterocycles. The second-order valence-electron chi connectivity index (χ2n) is 3.70. The van der Waals surface area contributed by atoms with E-state index in [0.29, 0.717) is 5.46 Å². The number of nitrogens with one attached hydrogen (secondary N) is 1. The normalized spacial score (nSPS) is 14.9. The lowest BCUT2D eigenvalue weighted by Crippen LogP contribution is -2.43. The third-order valence-corrected chi connectivity index (χ3v) is 2.67. The zero-order valence-corrected chi connectivity index (χ0v) is 10.6. The highest BCUT2D eigenvalue weighted by Crippen LogP contribution is 2.12. The fourth-order valence-electron chi connectivity index (χ4n) is 1.78. The molecule has 0 atom stereocenters. The van der Waals surface area contributed by atoms with E-state index in [1.807, 2.05) is 26.0 Å². The van der Waals surface area contributed by atoms with Gasteiger partial charge in [0.25, 0.3) is 0 Å². The van der Waals surface area contributed by atoms with Crippen molar-refractivity contribution in [1.29, 1.82) is 0 Å². The Balaban J connectivity index is 0.000000686. The van der Waals surface area contributed by atoms with Gasteiger partial charge >= 0.3 is 7.12 Å². The number of benzene rings is 1. The van der Waals surface area contributed by atoms with Crippen LogP contribution in [0.3, 0.4) is 0 Å². The summed E-state index contributed by atoms with van der Waals surface area (Å²) in [6.07, 6.45) is 0. The number of anilines is 1. The first kappa shape index (κ1) is 14.0. The molecule has 1 aliphatic heterocycles. The standard InChI is InChI=1S/C10H15BN2O2.C2H6/c14-11(15)9-1-3-10(4-2-9)13-7-5-12-6-8-13;1-2/h1-4,12,14-15H,5-8H2;1-2H3. The van der Waals surface area contributed by atoms with Gasteiger partial charge in [0, 0.05) is 31.9 Å². The van der Waals surface area contributed by atoms with Crippen LogP contribution >= 0.6 is 0 Å². The van der Waals surface area contributed by atoms with E-state index in [4.69, 9.17) is 10.0 Å². The Labute approximate surface area is 103 Å². The molecule has 0 radical (unpaired) electrons. The van der Waals surface area contributed by atoms with E-state index in [-0.39, 0.29) is 0 Å². The van der Waals surface area contributed by atoms with E-state index in [9.17, 15) is 0 Å². The van der Waals surface area contributed by atoms with Gasteiger partial charge in [-0.15, -0.1) is 0 Å². The first-order chi connectivity index (χ1) is 8.27. The zero-order chi connectivity index (χ0) is 12.7. The highest BCUT2D eigenvalue weighted by Gasteiger charge is 2.13. The topological polar surface area (TPSA) is 55.7 Å². The minimum Gasteiger partial charge on any atom is -0.423 e. The molecular formula is C12H21BN2O2. The predicted octanol–water partition coefficient (Wildman–Crippen LogP) is -0.198. The van der Waals surface area contributed by atoms with Crippen LogP contribution in [0.4, 0.5) is 5.69 Å². The smallest absolute Gasteiger partial charge is 0.423 e. The summed E-state index contributed by atoms with van der Waals surface area (Å²) in [6, 6.07) is 7.37. The van der Waals surface area contributed by atoms with Gasteiger partial charge in [-0.25, -0.2) is 0 Å². The Kier molecular flexibility index (Phi) is 6.04. The molecule has 0 bridgehead atoms. The highest BCUT2D eigenvalue weighted by molar-refractivity contribution is 6.58. The lowest BCUT2D eigenvalue weighted by Gasteiger charge is -2.29. The fourth-order valence-corrected chi connectivity index (χ4v) is 1.78. The Bertz CT molecular complexity index is 311. The number of hydrogen-bond acceptors (Lipinski definition) is 4. The van der Waals surface area contributed by atoms with Crippen LogP contribution in [0.1, 0.15) is 13.8 Å². The van der Waals surface area contributed by atoms with Gasteiger partial charge in [0.1, 0.15) is 0 Å². The van der Waals surface area contributed by atoms with Crippen LogP contribution in [-0.4, -0.2) is 43.3 Å². The van der Waals surface area contributed by atoms with Crippen molar-refractivity contribution in [3.05, 3.63) is 24.3 Å². The quantitative estimate of drug-likeness (QED) is 0.622. The Morgan fingerprint density at radius 1 is 1.06 bits per heavy atom. The second kappa shape index (κ2) is 7.32. The molecule has 1 saturated heterocycles. The molecule has 5 heteroatoms. The van der Waals surface area contributed by atoms with Crippen molar-refractivity contribution in [3.8, 4) is 0 Å². The molecule has 0 aliphatic carbocycles. The molecule has 1 fully saturated rings. The van der Waals surface area contributed by atoms with Gasteiger partial charge in [-0.3, -0.25) is 0 Å². The van der Waals surface area contributed by atoms with E-state index in [1.165, 1.54) is 0 Å². The zero-order valence-electron chi connectivity index (χ0n) is 10.6. The minimum atomic E-state index is -1.37. The van der Waals surface area contributed by atoms with Crippen molar-refractivity contribution in [2.75, 3.05) is 31.1 Å². The first-order valence-corrected chi connectivity index (χ1v) is 6.19. The van der Waals surface area contributed by atoms with Gasteiger partial charge < -0.3 is 20.3 Å². The van der Waals surface area contributed by atoms with Crippen LogP contribution in [0.5, 0.6) is 0 Å². The van der Waals surface area contributed by atoms with Crippen molar-refractivity contribution in [3.63, 3.8) is 0 Å². The van der Waals surface area contributed by atoms with Crippen molar-refractivity contribution < 1.29 is 10.0 Å². The Hall–Kier alpha value is -1.04. The fraction of sp³-hybridized carbons (Fsp3) is 0.500. The molecular weight excluding hydrogens is 215 g/mol. The third-order valence-electron chi connectivity index (χ3n) is 2.67.